The molecule has 3 aromatic carbocycles. The summed E-state index contributed by atoms with van der Waals surface area (Å²) >= 11 is 0. The number of nitrogens with one attached hydrogen (secondary N) is 1. The molecule has 1 amide bonds. The maximum absolute atomic E-state index is 14.1. The van der Waals surface area contributed by atoms with E-state index in [0.717, 1.165) is 29.3 Å². The number of hydrogen-bond donors (Lipinski definition) is 3. The van der Waals surface area contributed by atoms with Crippen molar-refractivity contribution >= 4 is 39.1 Å². The number of benzene rings is 3. The van der Waals surface area contributed by atoms with Crippen molar-refractivity contribution in [3.8, 4) is 11.3 Å². The number of fused-ring (bicyclic) bond motifs is 1. The van der Waals surface area contributed by atoms with E-state index in [1.807, 2.05) is 0 Å². The predicted octanol–water partition coefficient (Wildman–Crippen LogP) is 4.87. The number of anilines is 2. The van der Waals surface area contributed by atoms with Crippen LogP contribution in [0.3, 0.4) is 0 Å². The van der Waals surface area contributed by atoms with Crippen molar-refractivity contribution in [2.45, 2.75) is 25.3 Å². The third-order valence-electron chi connectivity index (χ3n) is 6.36. The smallest absolute Gasteiger partial charge is 0.255 e. The van der Waals surface area contributed by atoms with E-state index in [1.54, 1.807) is 6.07 Å². The third-order valence-corrected chi connectivity index (χ3v) is 7.11. The Bertz CT molecular complexity index is 1580. The molecule has 192 valence electrons. The third kappa shape index (κ3) is 4.62. The molecule has 7 nitrogen and oxygen atoms in total. The first-order valence-corrected chi connectivity index (χ1v) is 12.5. The highest BCUT2D eigenvalue weighted by molar-refractivity contribution is 7.74. The Morgan fingerprint density at radius 3 is 2.30 bits per heavy atom. The fourth-order valence-corrected chi connectivity index (χ4v) is 5.01. The zero-order chi connectivity index (χ0) is 26.4. The molecule has 0 aliphatic heterocycles. The topological polar surface area (TPSA) is 106 Å². The van der Waals surface area contributed by atoms with Crippen LogP contribution in [0.15, 0.2) is 52.9 Å². The van der Waals surface area contributed by atoms with Crippen LogP contribution in [-0.2, 0) is 17.4 Å². The SMILES string of the molecule is CNC(=O)c1c(-c2ccc(F)cc2)oc2cc(N(Cc3cc(F)c(N)c(F)c3)[SH](=O)=O)c(C3CC3)cc12. The minimum Gasteiger partial charge on any atom is -0.455 e. The number of amides is 1. The summed E-state index contributed by atoms with van der Waals surface area (Å²) in [6, 6.07) is 10.7. The van der Waals surface area contributed by atoms with E-state index in [-0.39, 0.29) is 40.6 Å². The van der Waals surface area contributed by atoms with Crippen molar-refractivity contribution in [3.63, 3.8) is 0 Å². The lowest BCUT2D eigenvalue weighted by molar-refractivity contribution is 0.0964. The predicted molar refractivity (Wildman–Crippen MR) is 134 cm³/mol. The molecule has 1 heterocycles. The monoisotopic (exact) mass is 529 g/mol. The summed E-state index contributed by atoms with van der Waals surface area (Å²) < 4.78 is 73.4. The zero-order valence-corrected chi connectivity index (χ0v) is 20.5. The second kappa shape index (κ2) is 9.47. The van der Waals surface area contributed by atoms with Crippen molar-refractivity contribution in [3.05, 3.63) is 82.7 Å². The molecule has 11 heteroatoms. The fraction of sp³-hybridized carbons (Fsp3) is 0.192. The van der Waals surface area contributed by atoms with Gasteiger partial charge in [-0.2, -0.15) is 0 Å². The molecular formula is C26H22F3N3O4S. The molecule has 1 saturated carbocycles. The highest BCUT2D eigenvalue weighted by Crippen LogP contribution is 2.48. The van der Waals surface area contributed by atoms with Crippen LogP contribution in [0.2, 0.25) is 0 Å². The van der Waals surface area contributed by atoms with E-state index < -0.39 is 39.9 Å². The van der Waals surface area contributed by atoms with Crippen LogP contribution in [0, 0.1) is 17.5 Å². The molecule has 0 bridgehead atoms. The summed E-state index contributed by atoms with van der Waals surface area (Å²) in [6.07, 6.45) is 1.62. The number of nitrogens with two attached hydrogens (primary N) is 1. The van der Waals surface area contributed by atoms with Gasteiger partial charge in [0.05, 0.1) is 17.8 Å². The summed E-state index contributed by atoms with van der Waals surface area (Å²) in [5, 5.41) is 3.05. The fourth-order valence-electron chi connectivity index (χ4n) is 4.38. The molecule has 1 aliphatic rings. The Labute approximate surface area is 211 Å². The minimum absolute atomic E-state index is 0.0402. The Balaban J connectivity index is 1.69. The van der Waals surface area contributed by atoms with Gasteiger partial charge in [0.25, 0.3) is 5.91 Å². The molecule has 1 aromatic heterocycles. The minimum atomic E-state index is -3.23. The quantitative estimate of drug-likeness (QED) is 0.234. The van der Waals surface area contributed by atoms with Crippen LogP contribution in [0.5, 0.6) is 0 Å². The number of hydrogen-bond acceptors (Lipinski definition) is 5. The number of rotatable bonds is 7. The number of carbonyl (C=O) groups excluding carboxylic acids is 1. The Morgan fingerprint density at radius 2 is 1.73 bits per heavy atom. The van der Waals surface area contributed by atoms with Gasteiger partial charge >= 0.3 is 0 Å². The van der Waals surface area contributed by atoms with Gasteiger partial charge in [0.1, 0.15) is 34.5 Å². The molecule has 0 atom stereocenters. The molecule has 4 aromatic rings. The molecule has 0 spiro atoms. The van der Waals surface area contributed by atoms with Crippen LogP contribution in [-0.4, -0.2) is 21.4 Å². The van der Waals surface area contributed by atoms with E-state index in [4.69, 9.17) is 10.2 Å². The first-order valence-electron chi connectivity index (χ1n) is 11.4. The largest absolute Gasteiger partial charge is 0.455 e. The number of halogens is 3. The molecule has 1 aliphatic carbocycles. The summed E-state index contributed by atoms with van der Waals surface area (Å²) in [6.45, 7) is -0.341. The van der Waals surface area contributed by atoms with Crippen LogP contribution in [0.4, 0.5) is 24.5 Å². The lowest BCUT2D eigenvalue weighted by Gasteiger charge is -2.21. The van der Waals surface area contributed by atoms with E-state index in [2.05, 4.69) is 5.32 Å². The van der Waals surface area contributed by atoms with Crippen LogP contribution in [0.25, 0.3) is 22.3 Å². The molecule has 37 heavy (non-hydrogen) atoms. The van der Waals surface area contributed by atoms with Gasteiger partial charge in [0.2, 0.25) is 10.9 Å². The normalized spacial score (nSPS) is 13.3. The standard InChI is InChI=1S/C26H22F3N3O4S/c1-31-26(33)23-18-10-17(14-2-3-14)21(11-22(18)36-25(23)15-4-6-16(27)7-5-15)32(37(34)35)12-13-8-19(28)24(30)20(29)9-13/h4-11,14,37H,2-3,12,30H2,1H3,(H,31,33). The number of thiol groups is 1. The Morgan fingerprint density at radius 1 is 1.08 bits per heavy atom. The number of nitrogen functional groups attached to an aromatic ring is 1. The maximum atomic E-state index is 14.1. The molecular weight excluding hydrogens is 507 g/mol. The molecule has 0 saturated heterocycles. The number of nitrogens with zero attached hydrogens (tertiary/aromatic N) is 1. The average molecular weight is 530 g/mol. The first kappa shape index (κ1) is 24.7. The lowest BCUT2D eigenvalue weighted by Crippen LogP contribution is -2.22. The molecule has 3 N–H and O–H groups in total. The Hall–Kier alpha value is -3.99. The molecule has 0 radical (unpaired) electrons. The van der Waals surface area contributed by atoms with Crippen molar-refractivity contribution in [1.82, 2.24) is 5.32 Å². The van der Waals surface area contributed by atoms with Crippen molar-refractivity contribution < 1.29 is 30.8 Å². The van der Waals surface area contributed by atoms with Crippen molar-refractivity contribution in [2.24, 2.45) is 0 Å². The summed E-state index contributed by atoms with van der Waals surface area (Å²) in [5.74, 6) is -2.61. The van der Waals surface area contributed by atoms with Gasteiger partial charge in [0.15, 0.2) is 0 Å². The zero-order valence-electron chi connectivity index (χ0n) is 19.6. The van der Waals surface area contributed by atoms with Crippen LogP contribution >= 0.6 is 0 Å². The van der Waals surface area contributed by atoms with Gasteiger partial charge < -0.3 is 15.5 Å². The summed E-state index contributed by atoms with van der Waals surface area (Å²) in [4.78, 5) is 12.9. The van der Waals surface area contributed by atoms with E-state index in [0.29, 0.717) is 16.5 Å². The number of carbonyl (C=O) groups is 1. The van der Waals surface area contributed by atoms with Gasteiger partial charge in [-0.05, 0) is 72.4 Å². The second-order valence-electron chi connectivity index (χ2n) is 8.84. The number of furan rings is 1. The highest BCUT2D eigenvalue weighted by atomic mass is 32.2. The van der Waals surface area contributed by atoms with Crippen molar-refractivity contribution in [2.75, 3.05) is 17.1 Å². The van der Waals surface area contributed by atoms with E-state index in [1.165, 1.54) is 37.4 Å². The second-order valence-corrected chi connectivity index (χ2v) is 9.80. The maximum Gasteiger partial charge on any atom is 0.255 e. The van der Waals surface area contributed by atoms with E-state index >= 15 is 0 Å². The van der Waals surface area contributed by atoms with E-state index in [9.17, 15) is 26.4 Å². The van der Waals surface area contributed by atoms with Gasteiger partial charge in [0, 0.05) is 24.1 Å². The molecule has 1 fully saturated rings. The summed E-state index contributed by atoms with van der Waals surface area (Å²) in [5.41, 5.74) is 6.65. The Kier molecular flexibility index (Phi) is 6.32. The van der Waals surface area contributed by atoms with Crippen LogP contribution in [0.1, 0.15) is 40.2 Å². The average Bonchev–Trinajstić information content (AvgIpc) is 3.65. The van der Waals surface area contributed by atoms with Gasteiger partial charge in [-0.1, -0.05) is 0 Å². The highest BCUT2D eigenvalue weighted by Gasteiger charge is 2.32. The molecule has 0 unspecified atom stereocenters. The summed E-state index contributed by atoms with van der Waals surface area (Å²) in [7, 11) is -1.76. The van der Waals surface area contributed by atoms with Gasteiger partial charge in [-0.15, -0.1) is 0 Å². The van der Waals surface area contributed by atoms with Crippen LogP contribution < -0.4 is 15.4 Å². The molecule has 5 rings (SSSR count). The lowest BCUT2D eigenvalue weighted by atomic mass is 10.00. The van der Waals surface area contributed by atoms with Crippen molar-refractivity contribution in [1.29, 1.82) is 0 Å². The first-order chi connectivity index (χ1) is 17.7. The van der Waals surface area contributed by atoms with Gasteiger partial charge in [-0.3, -0.25) is 9.10 Å². The van der Waals surface area contributed by atoms with Gasteiger partial charge in [-0.25, -0.2) is 21.6 Å².